The molecule has 3 aromatic carbocycles. The topological polar surface area (TPSA) is 83.6 Å². The van der Waals surface area contributed by atoms with Gasteiger partial charge in [-0.15, -0.1) is 0 Å². The zero-order chi connectivity index (χ0) is 21.7. The molecule has 0 radical (unpaired) electrons. The third-order valence-corrected chi connectivity index (χ3v) is 4.75. The second kappa shape index (κ2) is 9.13. The number of rotatable bonds is 6. The molecule has 3 aromatic rings. The van der Waals surface area contributed by atoms with E-state index in [4.69, 9.17) is 9.47 Å². The number of aliphatic imine (C=N–C) groups is 2. The van der Waals surface area contributed by atoms with E-state index in [1.165, 1.54) is 0 Å². The number of phenolic OH excluding ortho intramolecular Hbond substituents is 2. The highest BCUT2D eigenvalue weighted by atomic mass is 16.5. The Kier molecular flexibility index (Phi) is 6.37. The van der Waals surface area contributed by atoms with Crippen molar-refractivity contribution in [1.29, 1.82) is 0 Å². The average molecular weight is 404 g/mol. The first-order valence-corrected chi connectivity index (χ1v) is 9.34. The van der Waals surface area contributed by atoms with Crippen LogP contribution in [-0.2, 0) is 0 Å². The highest BCUT2D eigenvalue weighted by Gasteiger charge is 2.06. The van der Waals surface area contributed by atoms with Crippen LogP contribution in [0.4, 0.5) is 11.4 Å². The van der Waals surface area contributed by atoms with E-state index in [1.54, 1.807) is 63.0 Å². The summed E-state index contributed by atoms with van der Waals surface area (Å²) in [6, 6.07) is 13.8. The summed E-state index contributed by atoms with van der Waals surface area (Å²) >= 11 is 0. The maximum Gasteiger partial charge on any atom is 0.124 e. The van der Waals surface area contributed by atoms with Crippen molar-refractivity contribution in [2.45, 2.75) is 13.8 Å². The number of phenols is 2. The molecule has 6 nitrogen and oxygen atoms in total. The summed E-state index contributed by atoms with van der Waals surface area (Å²) in [5.74, 6) is 1.46. The van der Waals surface area contributed by atoms with Crippen molar-refractivity contribution in [3.8, 4) is 23.0 Å². The number of aryl methyl sites for hydroxylation is 2. The summed E-state index contributed by atoms with van der Waals surface area (Å²) in [6.45, 7) is 4.00. The fourth-order valence-electron chi connectivity index (χ4n) is 2.80. The summed E-state index contributed by atoms with van der Waals surface area (Å²) in [5.41, 5.74) is 4.49. The predicted octanol–water partition coefficient (Wildman–Crippen LogP) is 5.23. The van der Waals surface area contributed by atoms with Crippen LogP contribution in [0.15, 0.2) is 58.5 Å². The normalized spacial score (nSPS) is 11.3. The lowest BCUT2D eigenvalue weighted by Crippen LogP contribution is -1.88. The first-order chi connectivity index (χ1) is 14.4. The first kappa shape index (κ1) is 20.9. The van der Waals surface area contributed by atoms with Gasteiger partial charge in [-0.2, -0.15) is 0 Å². The molecule has 0 atom stereocenters. The fourth-order valence-corrected chi connectivity index (χ4v) is 2.80. The Morgan fingerprint density at radius 1 is 0.667 bits per heavy atom. The molecular formula is C24H24N2O4. The molecule has 0 aliphatic heterocycles. The number of hydrogen-bond acceptors (Lipinski definition) is 6. The third-order valence-electron chi connectivity index (χ3n) is 4.75. The van der Waals surface area contributed by atoms with Crippen LogP contribution in [0.5, 0.6) is 23.0 Å². The van der Waals surface area contributed by atoms with Crippen LogP contribution in [-0.4, -0.2) is 36.9 Å². The van der Waals surface area contributed by atoms with Gasteiger partial charge in [0, 0.05) is 23.6 Å². The number of ether oxygens (including phenoxy) is 2. The van der Waals surface area contributed by atoms with Crippen molar-refractivity contribution in [2.75, 3.05) is 14.2 Å². The Morgan fingerprint density at radius 3 is 1.43 bits per heavy atom. The molecule has 0 saturated heterocycles. The summed E-state index contributed by atoms with van der Waals surface area (Å²) < 4.78 is 10.4. The van der Waals surface area contributed by atoms with Crippen LogP contribution in [0, 0.1) is 13.8 Å². The summed E-state index contributed by atoms with van der Waals surface area (Å²) in [7, 11) is 3.13. The van der Waals surface area contributed by atoms with Gasteiger partial charge < -0.3 is 19.7 Å². The van der Waals surface area contributed by atoms with Gasteiger partial charge in [0.05, 0.1) is 25.6 Å². The maximum absolute atomic E-state index is 10.1. The smallest absolute Gasteiger partial charge is 0.124 e. The Labute approximate surface area is 175 Å². The van der Waals surface area contributed by atoms with Gasteiger partial charge in [-0.1, -0.05) is 0 Å². The Bertz CT molecular complexity index is 1030. The lowest BCUT2D eigenvalue weighted by molar-refractivity contribution is 0.412. The van der Waals surface area contributed by atoms with Crippen LogP contribution in [0.3, 0.4) is 0 Å². The number of hydrogen-bond donors (Lipinski definition) is 2. The molecule has 6 heteroatoms. The number of aromatic hydroxyl groups is 2. The molecule has 0 amide bonds. The van der Waals surface area contributed by atoms with Gasteiger partial charge in [0.25, 0.3) is 0 Å². The SMILES string of the molecule is COc1ccc(O)c(C=Nc2cc(C)c(C)cc2N=Cc2cc(OC)ccc2O)c1. The predicted molar refractivity (Wildman–Crippen MR) is 120 cm³/mol. The molecular weight excluding hydrogens is 380 g/mol. The molecule has 0 aliphatic carbocycles. The minimum absolute atomic E-state index is 0.106. The monoisotopic (exact) mass is 404 g/mol. The van der Waals surface area contributed by atoms with Crippen molar-refractivity contribution < 1.29 is 19.7 Å². The number of benzene rings is 3. The van der Waals surface area contributed by atoms with E-state index in [9.17, 15) is 10.2 Å². The van der Waals surface area contributed by atoms with Gasteiger partial charge in [-0.25, -0.2) is 0 Å². The molecule has 0 fully saturated rings. The van der Waals surface area contributed by atoms with Crippen molar-refractivity contribution in [3.63, 3.8) is 0 Å². The Morgan fingerprint density at radius 2 is 1.07 bits per heavy atom. The second-order valence-electron chi connectivity index (χ2n) is 6.79. The van der Waals surface area contributed by atoms with Crippen molar-refractivity contribution in [2.24, 2.45) is 9.98 Å². The molecule has 2 N–H and O–H groups in total. The van der Waals surface area contributed by atoms with Crippen LogP contribution < -0.4 is 9.47 Å². The molecule has 0 aliphatic rings. The van der Waals surface area contributed by atoms with E-state index in [2.05, 4.69) is 9.98 Å². The molecule has 0 aromatic heterocycles. The lowest BCUT2D eigenvalue weighted by atomic mass is 10.1. The third kappa shape index (κ3) is 4.78. The quantitative estimate of drug-likeness (QED) is 0.551. The molecule has 30 heavy (non-hydrogen) atoms. The number of methoxy groups -OCH3 is 2. The lowest BCUT2D eigenvalue weighted by Gasteiger charge is -2.07. The Balaban J connectivity index is 2.00. The molecule has 154 valence electrons. The second-order valence-corrected chi connectivity index (χ2v) is 6.79. The molecule has 0 saturated carbocycles. The average Bonchev–Trinajstić information content (AvgIpc) is 2.75. The van der Waals surface area contributed by atoms with Crippen LogP contribution >= 0.6 is 0 Å². The molecule has 0 unspecified atom stereocenters. The van der Waals surface area contributed by atoms with E-state index >= 15 is 0 Å². The van der Waals surface area contributed by atoms with E-state index in [0.717, 1.165) is 11.1 Å². The van der Waals surface area contributed by atoms with Crippen molar-refractivity contribution in [3.05, 3.63) is 70.8 Å². The van der Waals surface area contributed by atoms with Gasteiger partial charge in [-0.05, 0) is 73.5 Å². The fraction of sp³-hybridized carbons (Fsp3) is 0.167. The van der Waals surface area contributed by atoms with E-state index < -0.39 is 0 Å². The van der Waals surface area contributed by atoms with Crippen molar-refractivity contribution >= 4 is 23.8 Å². The minimum atomic E-state index is 0.106. The zero-order valence-corrected chi connectivity index (χ0v) is 17.4. The van der Waals surface area contributed by atoms with Crippen LogP contribution in [0.2, 0.25) is 0 Å². The van der Waals surface area contributed by atoms with Gasteiger partial charge in [0.1, 0.15) is 23.0 Å². The minimum Gasteiger partial charge on any atom is -0.507 e. The molecule has 0 spiro atoms. The van der Waals surface area contributed by atoms with E-state index in [1.807, 2.05) is 26.0 Å². The highest BCUT2D eigenvalue weighted by Crippen LogP contribution is 2.32. The zero-order valence-electron chi connectivity index (χ0n) is 17.4. The maximum atomic E-state index is 10.1. The summed E-state index contributed by atoms with van der Waals surface area (Å²) in [4.78, 5) is 9.08. The van der Waals surface area contributed by atoms with E-state index in [0.29, 0.717) is 34.0 Å². The Hall–Kier alpha value is -3.80. The molecule has 0 heterocycles. The highest BCUT2D eigenvalue weighted by molar-refractivity contribution is 5.90. The van der Waals surface area contributed by atoms with Crippen molar-refractivity contribution in [1.82, 2.24) is 0 Å². The number of nitrogens with zero attached hydrogens (tertiary/aromatic N) is 2. The van der Waals surface area contributed by atoms with Gasteiger partial charge >= 0.3 is 0 Å². The van der Waals surface area contributed by atoms with Gasteiger partial charge in [0.2, 0.25) is 0 Å². The van der Waals surface area contributed by atoms with Crippen LogP contribution in [0.1, 0.15) is 22.3 Å². The van der Waals surface area contributed by atoms with E-state index in [-0.39, 0.29) is 11.5 Å². The largest absolute Gasteiger partial charge is 0.507 e. The molecule has 0 bridgehead atoms. The first-order valence-electron chi connectivity index (χ1n) is 9.34. The standard InChI is InChI=1S/C24H24N2O4/c1-15-9-21(25-13-17-11-19(29-3)5-7-23(17)27)22(10-16(15)2)26-14-18-12-20(30-4)6-8-24(18)28/h5-14,27-28H,1-4H3. The van der Waals surface area contributed by atoms with Crippen LogP contribution in [0.25, 0.3) is 0 Å². The van der Waals surface area contributed by atoms with Gasteiger partial charge in [0.15, 0.2) is 0 Å². The summed E-state index contributed by atoms with van der Waals surface area (Å²) in [5, 5.41) is 20.2. The van der Waals surface area contributed by atoms with Gasteiger partial charge in [-0.3, -0.25) is 9.98 Å². The molecule has 3 rings (SSSR count). The summed E-state index contributed by atoms with van der Waals surface area (Å²) in [6.07, 6.45) is 3.15.